The molecule has 3 aromatic rings. The molecule has 2 aliphatic rings. The maximum atomic E-state index is 14.0. The highest BCUT2D eigenvalue weighted by molar-refractivity contribution is 5.80. The number of pyridine rings is 1. The van der Waals surface area contributed by atoms with Gasteiger partial charge in [-0.3, -0.25) is 4.98 Å². The van der Waals surface area contributed by atoms with Crippen molar-refractivity contribution in [2.75, 3.05) is 36.5 Å². The zero-order chi connectivity index (χ0) is 26.2. The molecule has 198 valence electrons. The Morgan fingerprint density at radius 1 is 1.14 bits per heavy atom. The molecule has 0 amide bonds. The van der Waals surface area contributed by atoms with Crippen LogP contribution in [0.15, 0.2) is 30.5 Å². The summed E-state index contributed by atoms with van der Waals surface area (Å²) in [6, 6.07) is 4.92. The van der Waals surface area contributed by atoms with Crippen molar-refractivity contribution in [2.24, 2.45) is 0 Å². The van der Waals surface area contributed by atoms with Crippen molar-refractivity contribution in [1.82, 2.24) is 15.0 Å². The molecule has 3 N–H and O–H groups in total. The Labute approximate surface area is 213 Å². The third-order valence-corrected chi connectivity index (χ3v) is 6.70. The lowest BCUT2D eigenvalue weighted by molar-refractivity contribution is -0.0516. The summed E-state index contributed by atoms with van der Waals surface area (Å²) >= 11 is 0. The zero-order valence-corrected chi connectivity index (χ0v) is 20.8. The Balaban J connectivity index is 1.39. The van der Waals surface area contributed by atoms with Crippen LogP contribution < -0.4 is 15.0 Å². The van der Waals surface area contributed by atoms with Crippen molar-refractivity contribution in [1.29, 1.82) is 0 Å². The third kappa shape index (κ3) is 5.73. The average Bonchev–Trinajstić information content (AvgIpc) is 3.38. The molecular weight excluding hydrogens is 484 g/mol. The monoisotopic (exact) mass is 515 g/mol. The normalized spacial score (nSPS) is 19.8. The van der Waals surface area contributed by atoms with E-state index in [-0.39, 0.29) is 17.9 Å². The first-order valence-corrected chi connectivity index (χ1v) is 12.5. The van der Waals surface area contributed by atoms with Crippen molar-refractivity contribution in [3.8, 4) is 5.75 Å². The van der Waals surface area contributed by atoms with Gasteiger partial charge in [0.1, 0.15) is 23.5 Å². The van der Waals surface area contributed by atoms with Crippen LogP contribution in [0.3, 0.4) is 0 Å². The van der Waals surface area contributed by atoms with Crippen molar-refractivity contribution < 1.29 is 28.5 Å². The third-order valence-electron chi connectivity index (χ3n) is 6.70. The first-order valence-electron chi connectivity index (χ1n) is 12.5. The Morgan fingerprint density at radius 3 is 2.62 bits per heavy atom. The second kappa shape index (κ2) is 10.3. The van der Waals surface area contributed by atoms with Crippen LogP contribution in [-0.4, -0.2) is 69.2 Å². The van der Waals surface area contributed by atoms with Crippen LogP contribution in [0.2, 0.25) is 0 Å². The SMILES string of the molecule is CC(C)(O)C(O)c1cc2nc(NC3CCOC3)c(N3CCC(Oc4cc(F)ccc4F)CC3)nc2cn1. The average molecular weight is 516 g/mol. The van der Waals surface area contributed by atoms with Crippen molar-refractivity contribution in [3.05, 3.63) is 47.8 Å². The molecule has 2 saturated heterocycles. The van der Waals surface area contributed by atoms with Crippen molar-refractivity contribution in [3.63, 3.8) is 0 Å². The summed E-state index contributed by atoms with van der Waals surface area (Å²) < 4.78 is 38.8. The summed E-state index contributed by atoms with van der Waals surface area (Å²) in [4.78, 5) is 16.1. The first-order chi connectivity index (χ1) is 17.7. The smallest absolute Gasteiger partial charge is 0.172 e. The van der Waals surface area contributed by atoms with E-state index in [2.05, 4.69) is 15.2 Å². The summed E-state index contributed by atoms with van der Waals surface area (Å²) in [7, 11) is 0. The number of hydrogen-bond donors (Lipinski definition) is 3. The highest BCUT2D eigenvalue weighted by Gasteiger charge is 2.29. The van der Waals surface area contributed by atoms with Crippen LogP contribution in [0.25, 0.3) is 11.0 Å². The summed E-state index contributed by atoms with van der Waals surface area (Å²) in [6.07, 6.45) is 2.13. The van der Waals surface area contributed by atoms with Crippen molar-refractivity contribution in [2.45, 2.75) is 57.0 Å². The molecular formula is C26H31F2N5O4. The van der Waals surface area contributed by atoms with E-state index >= 15 is 0 Å². The minimum absolute atomic E-state index is 0.0809. The minimum Gasteiger partial charge on any atom is -0.487 e. The van der Waals surface area contributed by atoms with Gasteiger partial charge < -0.3 is 29.9 Å². The van der Waals surface area contributed by atoms with Gasteiger partial charge in [0.25, 0.3) is 0 Å². The number of hydrogen-bond acceptors (Lipinski definition) is 9. The van der Waals surface area contributed by atoms with E-state index in [1.165, 1.54) is 13.8 Å². The lowest BCUT2D eigenvalue weighted by Gasteiger charge is -2.34. The quantitative estimate of drug-likeness (QED) is 0.436. The van der Waals surface area contributed by atoms with Gasteiger partial charge in [0.15, 0.2) is 23.2 Å². The fourth-order valence-electron chi connectivity index (χ4n) is 4.57. The van der Waals surface area contributed by atoms with Crippen LogP contribution in [-0.2, 0) is 4.74 Å². The van der Waals surface area contributed by atoms with E-state index in [4.69, 9.17) is 19.4 Å². The molecule has 2 aromatic heterocycles. The second-order valence-corrected chi connectivity index (χ2v) is 10.1. The van der Waals surface area contributed by atoms with Crippen LogP contribution in [0, 0.1) is 11.6 Å². The molecule has 4 heterocycles. The minimum atomic E-state index is -1.36. The number of fused-ring (bicyclic) bond motifs is 1. The van der Waals surface area contributed by atoms with E-state index in [9.17, 15) is 19.0 Å². The molecule has 2 atom stereocenters. The maximum absolute atomic E-state index is 14.0. The highest BCUT2D eigenvalue weighted by Crippen LogP contribution is 2.32. The molecule has 37 heavy (non-hydrogen) atoms. The summed E-state index contributed by atoms with van der Waals surface area (Å²) in [6.45, 7) is 5.43. The summed E-state index contributed by atoms with van der Waals surface area (Å²) in [5.41, 5.74) is 0.0325. The standard InChI is InChI=1S/C26H31F2N5O4/c1-26(2,35)23(34)20-12-19-21(13-29-20)32-25(24(31-19)30-16-7-10-36-14-16)33-8-5-17(6-9-33)37-22-11-15(27)3-4-18(22)28/h3-4,11-13,16-17,23,34-35H,5-10,14H2,1-2H3,(H,30,31). The van der Waals surface area contributed by atoms with Gasteiger partial charge in [-0.05, 0) is 38.5 Å². The number of ether oxygens (including phenoxy) is 2. The molecule has 0 radical (unpaired) electrons. The van der Waals surface area contributed by atoms with Crippen LogP contribution in [0.1, 0.15) is 44.9 Å². The molecule has 9 nitrogen and oxygen atoms in total. The summed E-state index contributed by atoms with van der Waals surface area (Å²) in [5.74, 6) is 0.0401. The predicted molar refractivity (Wildman–Crippen MR) is 134 cm³/mol. The molecule has 2 fully saturated rings. The number of aliphatic hydroxyl groups excluding tert-OH is 1. The van der Waals surface area contributed by atoms with Gasteiger partial charge in [-0.1, -0.05) is 0 Å². The molecule has 2 aliphatic heterocycles. The van der Waals surface area contributed by atoms with Crippen LogP contribution in [0.4, 0.5) is 20.4 Å². The highest BCUT2D eigenvalue weighted by atomic mass is 19.1. The Morgan fingerprint density at radius 2 is 1.92 bits per heavy atom. The van der Waals surface area contributed by atoms with Gasteiger partial charge in [0.05, 0.1) is 35.7 Å². The fourth-order valence-corrected chi connectivity index (χ4v) is 4.57. The van der Waals surface area contributed by atoms with Gasteiger partial charge in [-0.2, -0.15) is 0 Å². The number of rotatable bonds is 7. The van der Waals surface area contributed by atoms with Gasteiger partial charge in [0, 0.05) is 38.6 Å². The molecule has 0 aliphatic carbocycles. The van der Waals surface area contributed by atoms with Gasteiger partial charge in [0.2, 0.25) is 0 Å². The Kier molecular flexibility index (Phi) is 7.11. The molecule has 2 unspecified atom stereocenters. The number of piperidine rings is 1. The number of aromatic nitrogens is 3. The van der Waals surface area contributed by atoms with Gasteiger partial charge >= 0.3 is 0 Å². The topological polar surface area (TPSA) is 113 Å². The van der Waals surface area contributed by atoms with E-state index in [1.807, 2.05) is 0 Å². The first kappa shape index (κ1) is 25.5. The summed E-state index contributed by atoms with van der Waals surface area (Å²) in [5, 5.41) is 24.1. The molecule has 0 bridgehead atoms. The van der Waals surface area contributed by atoms with Crippen LogP contribution in [0.5, 0.6) is 5.75 Å². The van der Waals surface area contributed by atoms with E-state index in [0.29, 0.717) is 67.5 Å². The Hall–Kier alpha value is -3.15. The van der Waals surface area contributed by atoms with Crippen LogP contribution >= 0.6 is 0 Å². The molecule has 11 heteroatoms. The number of benzene rings is 1. The molecule has 0 saturated carbocycles. The van der Waals surface area contributed by atoms with E-state index in [0.717, 1.165) is 24.6 Å². The van der Waals surface area contributed by atoms with Gasteiger partial charge in [-0.25, -0.2) is 18.7 Å². The number of nitrogens with one attached hydrogen (secondary N) is 1. The zero-order valence-electron chi connectivity index (χ0n) is 20.8. The van der Waals surface area contributed by atoms with E-state index in [1.54, 1.807) is 12.3 Å². The molecule has 0 spiro atoms. The van der Waals surface area contributed by atoms with Gasteiger partial charge in [-0.15, -0.1) is 0 Å². The molecule has 5 rings (SSSR count). The lowest BCUT2D eigenvalue weighted by atomic mass is 9.98. The maximum Gasteiger partial charge on any atom is 0.172 e. The number of aliphatic hydroxyl groups is 2. The number of halogens is 2. The van der Waals surface area contributed by atoms with E-state index < -0.39 is 23.3 Å². The van der Waals surface area contributed by atoms with Crippen molar-refractivity contribution >= 4 is 22.7 Å². The predicted octanol–water partition coefficient (Wildman–Crippen LogP) is 3.36. The number of nitrogens with zero attached hydrogens (tertiary/aromatic N) is 4. The molecule has 1 aromatic carbocycles. The fraction of sp³-hybridized carbons (Fsp3) is 0.500. The largest absolute Gasteiger partial charge is 0.487 e. The number of anilines is 2. The lowest BCUT2D eigenvalue weighted by Crippen LogP contribution is -2.39. The second-order valence-electron chi connectivity index (χ2n) is 10.1. The Bertz CT molecular complexity index is 1260.